The second kappa shape index (κ2) is 8.91. The third kappa shape index (κ3) is 5.58. The first kappa shape index (κ1) is 21.5. The SMILES string of the molecule is Cc1cc(OCCC(=O)NC(C)(C)C(=O)O)ccc1Cc1cn[nH]c1C(C)C. The fourth-order valence-electron chi connectivity index (χ4n) is 2.85. The summed E-state index contributed by atoms with van der Waals surface area (Å²) in [5.74, 6) is -0.367. The van der Waals surface area contributed by atoms with Crippen LogP contribution in [0.2, 0.25) is 0 Å². The van der Waals surface area contributed by atoms with Crippen LogP contribution in [-0.4, -0.2) is 39.3 Å². The number of carbonyl (C=O) groups is 2. The summed E-state index contributed by atoms with van der Waals surface area (Å²) in [4.78, 5) is 22.9. The second-order valence-electron chi connectivity index (χ2n) is 7.81. The van der Waals surface area contributed by atoms with Gasteiger partial charge in [-0.15, -0.1) is 0 Å². The Morgan fingerprint density at radius 3 is 2.61 bits per heavy atom. The lowest BCUT2D eigenvalue weighted by atomic mass is 9.97. The van der Waals surface area contributed by atoms with Crippen molar-refractivity contribution in [1.82, 2.24) is 15.5 Å². The van der Waals surface area contributed by atoms with Gasteiger partial charge in [0.1, 0.15) is 11.3 Å². The summed E-state index contributed by atoms with van der Waals surface area (Å²) in [6.07, 6.45) is 2.75. The zero-order valence-electron chi connectivity index (χ0n) is 17.1. The molecule has 0 atom stereocenters. The van der Waals surface area contributed by atoms with E-state index in [1.807, 2.05) is 31.3 Å². The van der Waals surface area contributed by atoms with E-state index in [1.54, 1.807) is 0 Å². The number of H-pyrrole nitrogens is 1. The van der Waals surface area contributed by atoms with Gasteiger partial charge in [-0.05, 0) is 55.5 Å². The monoisotopic (exact) mass is 387 g/mol. The van der Waals surface area contributed by atoms with Crippen LogP contribution in [-0.2, 0) is 16.0 Å². The second-order valence-corrected chi connectivity index (χ2v) is 7.81. The Morgan fingerprint density at radius 1 is 1.29 bits per heavy atom. The normalized spacial score (nSPS) is 11.5. The lowest BCUT2D eigenvalue weighted by Gasteiger charge is -2.21. The van der Waals surface area contributed by atoms with E-state index in [4.69, 9.17) is 9.84 Å². The average Bonchev–Trinajstić information content (AvgIpc) is 3.05. The molecule has 0 spiro atoms. The van der Waals surface area contributed by atoms with Gasteiger partial charge in [-0.2, -0.15) is 5.10 Å². The molecule has 152 valence electrons. The van der Waals surface area contributed by atoms with E-state index in [-0.39, 0.29) is 18.9 Å². The van der Waals surface area contributed by atoms with Crippen LogP contribution in [0.1, 0.15) is 62.4 Å². The highest BCUT2D eigenvalue weighted by molar-refractivity contribution is 5.86. The number of aromatic amines is 1. The molecule has 1 aromatic carbocycles. The fraction of sp³-hybridized carbons (Fsp3) is 0.476. The van der Waals surface area contributed by atoms with E-state index in [0.717, 1.165) is 17.7 Å². The van der Waals surface area contributed by atoms with Gasteiger partial charge in [-0.1, -0.05) is 19.9 Å². The van der Waals surface area contributed by atoms with Crippen LogP contribution in [0.4, 0.5) is 0 Å². The molecule has 0 aliphatic heterocycles. The van der Waals surface area contributed by atoms with Gasteiger partial charge < -0.3 is 15.2 Å². The Kier molecular flexibility index (Phi) is 6.83. The number of carbonyl (C=O) groups excluding carboxylic acids is 1. The van der Waals surface area contributed by atoms with E-state index in [1.165, 1.54) is 25.0 Å². The molecule has 2 aromatic rings. The molecule has 0 unspecified atom stereocenters. The van der Waals surface area contributed by atoms with Gasteiger partial charge in [-0.3, -0.25) is 9.89 Å². The summed E-state index contributed by atoms with van der Waals surface area (Å²) in [7, 11) is 0. The van der Waals surface area contributed by atoms with Crippen molar-refractivity contribution in [2.24, 2.45) is 0 Å². The molecule has 28 heavy (non-hydrogen) atoms. The number of rotatable bonds is 9. The van der Waals surface area contributed by atoms with Crippen LogP contribution < -0.4 is 10.1 Å². The van der Waals surface area contributed by atoms with Crippen LogP contribution in [0, 0.1) is 6.92 Å². The third-order valence-electron chi connectivity index (χ3n) is 4.61. The Bertz CT molecular complexity index is 840. The number of nitrogens with zero attached hydrogens (tertiary/aromatic N) is 1. The summed E-state index contributed by atoms with van der Waals surface area (Å²) >= 11 is 0. The zero-order valence-corrected chi connectivity index (χ0v) is 17.1. The molecular formula is C21H29N3O4. The number of carboxylic acids is 1. The van der Waals surface area contributed by atoms with Crippen molar-refractivity contribution in [3.8, 4) is 5.75 Å². The molecule has 2 rings (SSSR count). The highest BCUT2D eigenvalue weighted by Gasteiger charge is 2.28. The topological polar surface area (TPSA) is 104 Å². The number of ether oxygens (including phenoxy) is 1. The first-order valence-electron chi connectivity index (χ1n) is 9.39. The number of benzene rings is 1. The van der Waals surface area contributed by atoms with E-state index in [2.05, 4.69) is 29.4 Å². The third-order valence-corrected chi connectivity index (χ3v) is 4.61. The number of hydrogen-bond acceptors (Lipinski definition) is 4. The molecule has 0 aliphatic rings. The summed E-state index contributed by atoms with van der Waals surface area (Å²) in [6.45, 7) is 9.36. The highest BCUT2D eigenvalue weighted by atomic mass is 16.5. The lowest BCUT2D eigenvalue weighted by Crippen LogP contribution is -2.49. The minimum Gasteiger partial charge on any atom is -0.493 e. The fourth-order valence-corrected chi connectivity index (χ4v) is 2.85. The van der Waals surface area contributed by atoms with Gasteiger partial charge >= 0.3 is 5.97 Å². The van der Waals surface area contributed by atoms with Gasteiger partial charge in [0.2, 0.25) is 5.91 Å². The molecular weight excluding hydrogens is 358 g/mol. The summed E-state index contributed by atoms with van der Waals surface area (Å²) in [6, 6.07) is 5.86. The molecule has 3 N–H and O–H groups in total. The minimum atomic E-state index is -1.29. The van der Waals surface area contributed by atoms with Crippen LogP contribution in [0.15, 0.2) is 24.4 Å². The summed E-state index contributed by atoms with van der Waals surface area (Å²) in [5.41, 5.74) is 3.33. The zero-order chi connectivity index (χ0) is 20.9. The minimum absolute atomic E-state index is 0.0876. The van der Waals surface area contributed by atoms with Crippen molar-refractivity contribution in [1.29, 1.82) is 0 Å². The Morgan fingerprint density at radius 2 is 2.00 bits per heavy atom. The first-order chi connectivity index (χ1) is 13.1. The highest BCUT2D eigenvalue weighted by Crippen LogP contribution is 2.23. The number of carboxylic acid groups (broad SMARTS) is 1. The molecule has 1 heterocycles. The summed E-state index contributed by atoms with van der Waals surface area (Å²) < 4.78 is 5.66. The molecule has 0 saturated heterocycles. The smallest absolute Gasteiger partial charge is 0.328 e. The van der Waals surface area contributed by atoms with Gasteiger partial charge in [0.25, 0.3) is 0 Å². The van der Waals surface area contributed by atoms with Crippen LogP contribution in [0.5, 0.6) is 5.75 Å². The van der Waals surface area contributed by atoms with Crippen molar-refractivity contribution in [3.63, 3.8) is 0 Å². The maximum Gasteiger partial charge on any atom is 0.328 e. The number of nitrogens with one attached hydrogen (secondary N) is 2. The van der Waals surface area contributed by atoms with Gasteiger partial charge in [0.05, 0.1) is 19.2 Å². The van der Waals surface area contributed by atoms with Gasteiger partial charge in [0.15, 0.2) is 0 Å². The molecule has 0 fully saturated rings. The number of aliphatic carboxylic acids is 1. The van der Waals surface area contributed by atoms with Crippen molar-refractivity contribution in [3.05, 3.63) is 46.8 Å². The Balaban J connectivity index is 1.91. The molecule has 7 heteroatoms. The predicted octanol–water partition coefficient (Wildman–Crippen LogP) is 3.18. The van der Waals surface area contributed by atoms with E-state index < -0.39 is 11.5 Å². The van der Waals surface area contributed by atoms with Crippen molar-refractivity contribution in [2.75, 3.05) is 6.61 Å². The van der Waals surface area contributed by atoms with Crippen LogP contribution in [0.25, 0.3) is 0 Å². The van der Waals surface area contributed by atoms with Crippen molar-refractivity contribution >= 4 is 11.9 Å². The van der Waals surface area contributed by atoms with Gasteiger partial charge in [-0.25, -0.2) is 4.79 Å². The lowest BCUT2D eigenvalue weighted by molar-refractivity contribution is -0.146. The standard InChI is InChI=1S/C21H29N3O4/c1-13(2)19-16(12-22-24-19)11-15-6-7-17(10-14(15)3)28-9-8-18(25)23-21(4,5)20(26)27/h6-7,10,12-13H,8-9,11H2,1-5H3,(H,22,24)(H,23,25)(H,26,27). The average molecular weight is 387 g/mol. The number of hydrogen-bond donors (Lipinski definition) is 3. The van der Waals surface area contributed by atoms with Crippen LogP contribution in [0.3, 0.4) is 0 Å². The number of amides is 1. The Hall–Kier alpha value is -2.83. The maximum atomic E-state index is 11.9. The molecule has 0 radical (unpaired) electrons. The maximum absolute atomic E-state index is 11.9. The van der Waals surface area contributed by atoms with E-state index in [9.17, 15) is 9.59 Å². The van der Waals surface area contributed by atoms with E-state index >= 15 is 0 Å². The van der Waals surface area contributed by atoms with Crippen LogP contribution >= 0.6 is 0 Å². The molecule has 7 nitrogen and oxygen atoms in total. The number of aromatic nitrogens is 2. The molecule has 1 aromatic heterocycles. The largest absolute Gasteiger partial charge is 0.493 e. The van der Waals surface area contributed by atoms with Gasteiger partial charge in [0, 0.05) is 12.1 Å². The molecule has 0 saturated carbocycles. The summed E-state index contributed by atoms with van der Waals surface area (Å²) in [5, 5.41) is 18.7. The number of aryl methyl sites for hydroxylation is 1. The quantitative estimate of drug-likeness (QED) is 0.613. The van der Waals surface area contributed by atoms with Crippen molar-refractivity contribution in [2.45, 2.75) is 58.9 Å². The van der Waals surface area contributed by atoms with Crippen molar-refractivity contribution < 1.29 is 19.4 Å². The molecule has 0 bridgehead atoms. The first-order valence-corrected chi connectivity index (χ1v) is 9.39. The van der Waals surface area contributed by atoms with E-state index in [0.29, 0.717) is 11.7 Å². The molecule has 0 aliphatic carbocycles. The predicted molar refractivity (Wildman–Crippen MR) is 107 cm³/mol. The molecule has 1 amide bonds. The Labute approximate surface area is 165 Å².